The second kappa shape index (κ2) is 11.5. The number of aryl methyl sites for hydroxylation is 1. The SMILES string of the molecule is Cc1cccc(C(=O)Nc2ccc(SC(C(=O)Nc3cc(Cl)ccc3Cl)c3ccccc3)cc2)c1. The van der Waals surface area contributed by atoms with Gasteiger partial charge >= 0.3 is 0 Å². The third-order valence-corrected chi connectivity index (χ3v) is 7.00. The van der Waals surface area contributed by atoms with Crippen LogP contribution in [-0.4, -0.2) is 11.8 Å². The van der Waals surface area contributed by atoms with Crippen LogP contribution in [0.5, 0.6) is 0 Å². The second-order valence-electron chi connectivity index (χ2n) is 7.87. The Morgan fingerprint density at radius 2 is 1.54 bits per heavy atom. The van der Waals surface area contributed by atoms with Crippen molar-refractivity contribution >= 4 is 58.2 Å². The Morgan fingerprint density at radius 3 is 2.26 bits per heavy atom. The van der Waals surface area contributed by atoms with Gasteiger partial charge in [-0.1, -0.05) is 71.2 Å². The summed E-state index contributed by atoms with van der Waals surface area (Å²) in [6.07, 6.45) is 0. The molecule has 0 saturated carbocycles. The zero-order valence-electron chi connectivity index (χ0n) is 18.8. The van der Waals surface area contributed by atoms with Crippen molar-refractivity contribution in [3.8, 4) is 0 Å². The minimum atomic E-state index is -0.529. The van der Waals surface area contributed by atoms with E-state index in [0.717, 1.165) is 16.0 Å². The average Bonchev–Trinajstić information content (AvgIpc) is 2.86. The van der Waals surface area contributed by atoms with Crippen molar-refractivity contribution in [2.75, 3.05) is 10.6 Å². The van der Waals surface area contributed by atoms with Crippen LogP contribution < -0.4 is 10.6 Å². The van der Waals surface area contributed by atoms with E-state index in [4.69, 9.17) is 23.2 Å². The molecule has 176 valence electrons. The predicted molar refractivity (Wildman–Crippen MR) is 146 cm³/mol. The molecule has 2 N–H and O–H groups in total. The maximum Gasteiger partial charge on any atom is 0.255 e. The summed E-state index contributed by atoms with van der Waals surface area (Å²) in [5, 5.41) is 6.17. The van der Waals surface area contributed by atoms with E-state index in [1.165, 1.54) is 11.8 Å². The Kier molecular flexibility index (Phi) is 8.13. The van der Waals surface area contributed by atoms with Gasteiger partial charge in [0.15, 0.2) is 0 Å². The van der Waals surface area contributed by atoms with E-state index in [1.54, 1.807) is 24.3 Å². The van der Waals surface area contributed by atoms with Crippen LogP contribution in [0, 0.1) is 6.92 Å². The standard InChI is InChI=1S/C28H22Cl2N2O2S/c1-18-6-5-9-20(16-18)27(33)31-22-11-13-23(14-12-22)35-26(19-7-3-2-4-8-19)28(34)32-25-17-21(29)10-15-24(25)30/h2-17,26H,1H3,(H,31,33)(H,32,34). The summed E-state index contributed by atoms with van der Waals surface area (Å²) >= 11 is 13.7. The van der Waals surface area contributed by atoms with Crippen molar-refractivity contribution in [3.05, 3.63) is 124 Å². The van der Waals surface area contributed by atoms with E-state index in [0.29, 0.717) is 27.0 Å². The molecule has 4 nitrogen and oxygen atoms in total. The molecular weight excluding hydrogens is 499 g/mol. The fraction of sp³-hybridized carbons (Fsp3) is 0.0714. The molecule has 0 radical (unpaired) electrons. The van der Waals surface area contributed by atoms with Gasteiger partial charge in [-0.15, -0.1) is 11.8 Å². The predicted octanol–water partition coefficient (Wildman–Crippen LogP) is 8.03. The lowest BCUT2D eigenvalue weighted by Crippen LogP contribution is -2.19. The highest BCUT2D eigenvalue weighted by molar-refractivity contribution is 8.00. The maximum atomic E-state index is 13.3. The first-order valence-electron chi connectivity index (χ1n) is 10.8. The lowest BCUT2D eigenvalue weighted by Gasteiger charge is -2.18. The maximum absolute atomic E-state index is 13.3. The molecule has 0 bridgehead atoms. The molecule has 2 amide bonds. The third-order valence-electron chi connectivity index (χ3n) is 5.17. The van der Waals surface area contributed by atoms with Crippen LogP contribution in [0.25, 0.3) is 0 Å². The number of halogens is 2. The van der Waals surface area contributed by atoms with E-state index in [1.807, 2.05) is 79.7 Å². The van der Waals surface area contributed by atoms with Crippen LogP contribution >= 0.6 is 35.0 Å². The first-order valence-corrected chi connectivity index (χ1v) is 12.5. The molecular formula is C28H22Cl2N2O2S. The zero-order valence-corrected chi connectivity index (χ0v) is 21.1. The number of nitrogens with one attached hydrogen (secondary N) is 2. The molecule has 0 heterocycles. The summed E-state index contributed by atoms with van der Waals surface area (Å²) in [4.78, 5) is 26.7. The van der Waals surface area contributed by atoms with Gasteiger partial charge in [0.1, 0.15) is 5.25 Å². The molecule has 0 aromatic heterocycles. The number of rotatable bonds is 7. The number of hydrogen-bond donors (Lipinski definition) is 2. The van der Waals surface area contributed by atoms with E-state index in [9.17, 15) is 9.59 Å². The molecule has 0 spiro atoms. The summed E-state index contributed by atoms with van der Waals surface area (Å²) in [5.74, 6) is -0.392. The van der Waals surface area contributed by atoms with Gasteiger partial charge in [0.25, 0.3) is 5.91 Å². The highest BCUT2D eigenvalue weighted by Gasteiger charge is 2.23. The van der Waals surface area contributed by atoms with Crippen LogP contribution in [0.3, 0.4) is 0 Å². The van der Waals surface area contributed by atoms with Gasteiger partial charge in [-0.3, -0.25) is 9.59 Å². The normalized spacial score (nSPS) is 11.5. The molecule has 1 unspecified atom stereocenters. The summed E-state index contributed by atoms with van der Waals surface area (Å²) in [5.41, 5.74) is 3.61. The van der Waals surface area contributed by atoms with Crippen LogP contribution in [0.2, 0.25) is 10.0 Å². The topological polar surface area (TPSA) is 58.2 Å². The molecule has 0 aliphatic carbocycles. The first-order chi connectivity index (χ1) is 16.9. The number of anilines is 2. The minimum Gasteiger partial charge on any atom is -0.323 e. The largest absolute Gasteiger partial charge is 0.323 e. The lowest BCUT2D eigenvalue weighted by atomic mass is 10.1. The third kappa shape index (κ3) is 6.67. The average molecular weight is 521 g/mol. The van der Waals surface area contributed by atoms with Crippen molar-refractivity contribution < 1.29 is 9.59 Å². The monoisotopic (exact) mass is 520 g/mol. The zero-order chi connectivity index (χ0) is 24.8. The van der Waals surface area contributed by atoms with Gasteiger partial charge in [-0.05, 0) is 67.1 Å². The summed E-state index contributed by atoms with van der Waals surface area (Å²) < 4.78 is 0. The van der Waals surface area contributed by atoms with E-state index in [2.05, 4.69) is 10.6 Å². The number of carbonyl (C=O) groups is 2. The quantitative estimate of drug-likeness (QED) is 0.242. The molecule has 1 atom stereocenters. The number of thioether (sulfide) groups is 1. The van der Waals surface area contributed by atoms with Gasteiger partial charge < -0.3 is 10.6 Å². The van der Waals surface area contributed by atoms with Crippen molar-refractivity contribution in [1.29, 1.82) is 0 Å². The Labute approximate surface area is 218 Å². The van der Waals surface area contributed by atoms with Gasteiger partial charge in [0.05, 0.1) is 10.7 Å². The highest BCUT2D eigenvalue weighted by atomic mass is 35.5. The van der Waals surface area contributed by atoms with Crippen molar-refractivity contribution in [3.63, 3.8) is 0 Å². The van der Waals surface area contributed by atoms with Gasteiger partial charge in [-0.2, -0.15) is 0 Å². The Morgan fingerprint density at radius 1 is 0.800 bits per heavy atom. The van der Waals surface area contributed by atoms with Crippen LogP contribution in [-0.2, 0) is 4.79 Å². The molecule has 35 heavy (non-hydrogen) atoms. The summed E-state index contributed by atoms with van der Waals surface area (Å²) in [7, 11) is 0. The smallest absolute Gasteiger partial charge is 0.255 e. The van der Waals surface area contributed by atoms with E-state index < -0.39 is 5.25 Å². The van der Waals surface area contributed by atoms with Crippen LogP contribution in [0.4, 0.5) is 11.4 Å². The summed E-state index contributed by atoms with van der Waals surface area (Å²) in [6, 6.07) is 29.3. The Balaban J connectivity index is 1.50. The number of benzene rings is 4. The molecule has 7 heteroatoms. The number of hydrogen-bond acceptors (Lipinski definition) is 3. The second-order valence-corrected chi connectivity index (χ2v) is 9.89. The van der Waals surface area contributed by atoms with Gasteiger partial charge in [0, 0.05) is 21.2 Å². The molecule has 0 aliphatic heterocycles. The molecule has 4 aromatic rings. The fourth-order valence-corrected chi connectivity index (χ4v) is 4.80. The molecule has 4 rings (SSSR count). The van der Waals surface area contributed by atoms with E-state index >= 15 is 0 Å². The number of amides is 2. The molecule has 4 aromatic carbocycles. The van der Waals surface area contributed by atoms with Crippen molar-refractivity contribution in [1.82, 2.24) is 0 Å². The Hall–Kier alpha value is -3.25. The van der Waals surface area contributed by atoms with E-state index in [-0.39, 0.29) is 11.8 Å². The highest BCUT2D eigenvalue weighted by Crippen LogP contribution is 2.37. The van der Waals surface area contributed by atoms with Crippen LogP contribution in [0.15, 0.2) is 102 Å². The van der Waals surface area contributed by atoms with Crippen molar-refractivity contribution in [2.24, 2.45) is 0 Å². The lowest BCUT2D eigenvalue weighted by molar-refractivity contribution is -0.115. The minimum absolute atomic E-state index is 0.172. The molecule has 0 saturated heterocycles. The summed E-state index contributed by atoms with van der Waals surface area (Å²) in [6.45, 7) is 1.95. The molecule has 0 fully saturated rings. The van der Waals surface area contributed by atoms with Gasteiger partial charge in [0.2, 0.25) is 5.91 Å². The Bertz CT molecular complexity index is 1340. The fourth-order valence-electron chi connectivity index (χ4n) is 3.43. The first kappa shape index (κ1) is 24.9. The van der Waals surface area contributed by atoms with Gasteiger partial charge in [-0.25, -0.2) is 0 Å². The van der Waals surface area contributed by atoms with Crippen molar-refractivity contribution in [2.45, 2.75) is 17.1 Å². The van der Waals surface area contributed by atoms with Crippen LogP contribution in [0.1, 0.15) is 26.7 Å². The molecule has 0 aliphatic rings. The number of carbonyl (C=O) groups excluding carboxylic acids is 2.